The SMILES string of the molecule is [2H]C([2H])([2H])c1c[c-]c(-c2nc3ccccc3n2-c2ccccc2)cc1.[2H]C([2H])(c1ccc(-c2ccnc(-c3[c-]ccc4c3oc3ccc5ccccc5c34)c2)cc1)C(C)(C)C.[Ir]. The van der Waals surface area contributed by atoms with E-state index in [4.69, 9.17) is 16.3 Å². The number of hydrogen-bond donors (Lipinski definition) is 0. The van der Waals surface area contributed by atoms with Gasteiger partial charge in [0.15, 0.2) is 0 Å². The summed E-state index contributed by atoms with van der Waals surface area (Å²) in [6.45, 7) is 3.64. The molecule has 3 aromatic heterocycles. The van der Waals surface area contributed by atoms with E-state index in [0.717, 1.165) is 72.4 Å². The minimum Gasteiger partial charge on any atom is -0.501 e. The first-order valence-corrected chi connectivity index (χ1v) is 18.7. The maximum absolute atomic E-state index is 8.56. The van der Waals surface area contributed by atoms with E-state index in [9.17, 15) is 0 Å². The zero-order valence-corrected chi connectivity index (χ0v) is 34.1. The number of furan rings is 1. The van der Waals surface area contributed by atoms with E-state index >= 15 is 0 Å². The molecular formula is C52H41IrN3O-2. The molecule has 57 heavy (non-hydrogen) atoms. The van der Waals surface area contributed by atoms with Crippen molar-refractivity contribution in [3.63, 3.8) is 0 Å². The molecule has 0 aliphatic rings. The molecule has 0 atom stereocenters. The summed E-state index contributed by atoms with van der Waals surface area (Å²) >= 11 is 0. The topological polar surface area (TPSA) is 43.9 Å². The minimum absolute atomic E-state index is 0. The third-order valence-electron chi connectivity index (χ3n) is 9.70. The van der Waals surface area contributed by atoms with Crippen molar-refractivity contribution >= 4 is 43.7 Å². The van der Waals surface area contributed by atoms with Crippen LogP contribution in [0.2, 0.25) is 0 Å². The van der Waals surface area contributed by atoms with Gasteiger partial charge in [-0.3, -0.25) is 4.98 Å². The zero-order valence-electron chi connectivity index (χ0n) is 36.7. The number of hydrogen-bond acceptors (Lipinski definition) is 3. The number of rotatable bonds is 5. The molecule has 10 rings (SSSR count). The molecule has 281 valence electrons. The Labute approximate surface area is 354 Å². The fraction of sp³-hybridized carbons (Fsp3) is 0.115. The van der Waals surface area contributed by atoms with E-state index in [1.54, 1.807) is 18.3 Å². The second-order valence-corrected chi connectivity index (χ2v) is 14.8. The number of nitrogens with zero attached hydrogens (tertiary/aromatic N) is 3. The summed E-state index contributed by atoms with van der Waals surface area (Å²) in [6.07, 6.45) is 0.378. The van der Waals surface area contributed by atoms with Gasteiger partial charge < -0.3 is 14.0 Å². The quantitative estimate of drug-likeness (QED) is 0.162. The van der Waals surface area contributed by atoms with Crippen molar-refractivity contribution in [1.82, 2.24) is 14.5 Å². The first kappa shape index (κ1) is 32.0. The van der Waals surface area contributed by atoms with E-state index in [0.29, 0.717) is 5.56 Å². The van der Waals surface area contributed by atoms with Gasteiger partial charge in [0, 0.05) is 44.2 Å². The molecule has 1 radical (unpaired) electrons. The van der Waals surface area contributed by atoms with Crippen molar-refractivity contribution in [2.75, 3.05) is 0 Å². The van der Waals surface area contributed by atoms with Crippen molar-refractivity contribution in [3.05, 3.63) is 187 Å². The third-order valence-corrected chi connectivity index (χ3v) is 9.70. The zero-order chi connectivity index (χ0) is 42.5. The fourth-order valence-corrected chi connectivity index (χ4v) is 7.24. The van der Waals surface area contributed by atoms with Crippen LogP contribution >= 0.6 is 0 Å². The van der Waals surface area contributed by atoms with E-state index in [1.807, 2.05) is 124 Å². The predicted molar refractivity (Wildman–Crippen MR) is 232 cm³/mol. The van der Waals surface area contributed by atoms with Crippen molar-refractivity contribution in [1.29, 1.82) is 0 Å². The Balaban J connectivity index is 0.000000179. The van der Waals surface area contributed by atoms with Gasteiger partial charge in [-0.25, -0.2) is 0 Å². The van der Waals surface area contributed by atoms with Crippen LogP contribution in [0.3, 0.4) is 0 Å². The second-order valence-electron chi connectivity index (χ2n) is 14.8. The average Bonchev–Trinajstić information content (AvgIpc) is 3.86. The summed E-state index contributed by atoms with van der Waals surface area (Å²) in [5.74, 6) is 0.740. The van der Waals surface area contributed by atoms with Gasteiger partial charge in [-0.2, -0.15) is 0 Å². The van der Waals surface area contributed by atoms with E-state index < -0.39 is 18.6 Å². The molecule has 10 aromatic rings. The molecular weight excluding hydrogens is 875 g/mol. The normalized spacial score (nSPS) is 13.2. The molecule has 0 saturated heterocycles. The van der Waals surface area contributed by atoms with E-state index in [1.165, 1.54) is 16.8 Å². The maximum Gasteiger partial charge on any atom is 0.121 e. The standard InChI is InChI=1S/C32H26NO.C20H15N2.Ir/c1-32(2,3)20-21-11-13-22(14-12-21)24-17-18-33-28(19-24)26-9-6-10-27-30-25-8-5-4-7-23(25)15-16-29(30)34-31(26)27;1-15-11-13-16(14-12-15)20-21-18-9-5-6-10-19(18)22(20)17-7-3-2-4-8-17;/h4-8,10-19H,20H2,1-3H3;2-13H,1H3;/q2*-1;/i20D2;1D3;. The molecule has 0 unspecified atom stereocenters. The summed E-state index contributed by atoms with van der Waals surface area (Å²) in [4.78, 5) is 9.40. The number of imidazole rings is 1. The predicted octanol–water partition coefficient (Wildman–Crippen LogP) is 13.7. The number of aryl methyl sites for hydroxylation is 1. The maximum atomic E-state index is 8.56. The monoisotopic (exact) mass is 921 g/mol. The summed E-state index contributed by atoms with van der Waals surface area (Å²) in [6, 6.07) is 57.5. The van der Waals surface area contributed by atoms with Crippen LogP contribution in [0, 0.1) is 24.4 Å². The van der Waals surface area contributed by atoms with Crippen LogP contribution in [-0.4, -0.2) is 14.5 Å². The van der Waals surface area contributed by atoms with Crippen LogP contribution in [0.5, 0.6) is 0 Å². The third kappa shape index (κ3) is 7.69. The van der Waals surface area contributed by atoms with Gasteiger partial charge in [0.1, 0.15) is 5.58 Å². The van der Waals surface area contributed by atoms with Crippen molar-refractivity contribution in [2.45, 2.75) is 34.0 Å². The molecule has 5 heteroatoms. The molecule has 3 heterocycles. The van der Waals surface area contributed by atoms with Crippen molar-refractivity contribution < 1.29 is 31.4 Å². The molecule has 0 spiro atoms. The van der Waals surface area contributed by atoms with Gasteiger partial charge in [-0.15, -0.1) is 53.6 Å². The molecule has 0 amide bonds. The molecule has 0 aliphatic carbocycles. The average molecular weight is 921 g/mol. The Bertz CT molecular complexity index is 3190. The minimum atomic E-state index is -2.13. The summed E-state index contributed by atoms with van der Waals surface area (Å²) in [5, 5.41) is 4.51. The molecule has 0 aliphatic heterocycles. The number of fused-ring (bicyclic) bond motifs is 6. The van der Waals surface area contributed by atoms with Gasteiger partial charge in [-0.1, -0.05) is 130 Å². The Hall–Kier alpha value is -6.13. The second kappa shape index (κ2) is 15.8. The molecule has 0 saturated carbocycles. The molecule has 0 fully saturated rings. The molecule has 0 bridgehead atoms. The van der Waals surface area contributed by atoms with Gasteiger partial charge in [0.2, 0.25) is 0 Å². The Morgan fingerprint density at radius 2 is 1.54 bits per heavy atom. The molecule has 7 aromatic carbocycles. The van der Waals surface area contributed by atoms with E-state index in [-0.39, 0.29) is 25.7 Å². The van der Waals surface area contributed by atoms with Gasteiger partial charge in [0.25, 0.3) is 0 Å². The van der Waals surface area contributed by atoms with Gasteiger partial charge in [0.05, 0.1) is 22.4 Å². The first-order valence-electron chi connectivity index (χ1n) is 21.2. The summed E-state index contributed by atoms with van der Waals surface area (Å²) < 4.78 is 48.1. The fourth-order valence-electron chi connectivity index (χ4n) is 7.24. The van der Waals surface area contributed by atoms with Crippen LogP contribution in [0.15, 0.2) is 168 Å². The number of aromatic nitrogens is 3. The van der Waals surface area contributed by atoms with Crippen molar-refractivity contribution in [2.24, 2.45) is 5.41 Å². The molecule has 0 N–H and O–H groups in total. The van der Waals surface area contributed by atoms with Crippen LogP contribution in [0.4, 0.5) is 0 Å². The number of para-hydroxylation sites is 3. The Morgan fingerprint density at radius 1 is 0.754 bits per heavy atom. The van der Waals surface area contributed by atoms with Crippen LogP contribution in [0.1, 0.15) is 38.8 Å². The number of benzene rings is 7. The Kier molecular flexibility index (Phi) is 8.86. The van der Waals surface area contributed by atoms with Gasteiger partial charge in [-0.05, 0) is 81.3 Å². The summed E-state index contributed by atoms with van der Waals surface area (Å²) in [5.41, 5.74) is 9.37. The van der Waals surface area contributed by atoms with Crippen LogP contribution < -0.4 is 0 Å². The summed E-state index contributed by atoms with van der Waals surface area (Å²) in [7, 11) is 0. The van der Waals surface area contributed by atoms with Gasteiger partial charge >= 0.3 is 0 Å². The van der Waals surface area contributed by atoms with E-state index in [2.05, 4.69) is 58.1 Å². The smallest absolute Gasteiger partial charge is 0.121 e. The molecule has 4 nitrogen and oxygen atoms in total. The van der Waals surface area contributed by atoms with Crippen molar-refractivity contribution in [3.8, 4) is 39.5 Å². The van der Waals surface area contributed by atoms with Crippen LogP contribution in [-0.2, 0) is 26.5 Å². The Morgan fingerprint density at radius 3 is 2.33 bits per heavy atom. The first-order chi connectivity index (χ1) is 29.3. The number of pyridine rings is 1. The van der Waals surface area contributed by atoms with Crippen LogP contribution in [0.25, 0.3) is 83.2 Å². The largest absolute Gasteiger partial charge is 0.501 e.